The molecule has 1 aliphatic heterocycles. The first-order valence-corrected chi connectivity index (χ1v) is 13.7. The molecule has 2 amide bonds. The molecule has 2 aliphatic rings. The summed E-state index contributed by atoms with van der Waals surface area (Å²) in [6, 6.07) is 16.7. The molecule has 0 atom stereocenters. The number of aromatic nitrogens is 2. The van der Waals surface area contributed by atoms with E-state index in [9.17, 15) is 9.59 Å². The van der Waals surface area contributed by atoms with Crippen LogP contribution in [0.1, 0.15) is 72.7 Å². The van der Waals surface area contributed by atoms with Crippen LogP contribution in [-0.4, -0.2) is 57.3 Å². The minimum Gasteiger partial charge on any atom is -0.327 e. The van der Waals surface area contributed by atoms with Crippen LogP contribution in [0.15, 0.2) is 54.9 Å². The second kappa shape index (κ2) is 9.75. The lowest BCUT2D eigenvalue weighted by Crippen LogP contribution is -2.44. The summed E-state index contributed by atoms with van der Waals surface area (Å²) >= 11 is 0. The molecule has 6 heteroatoms. The Morgan fingerprint density at radius 2 is 1.62 bits per heavy atom. The highest BCUT2D eigenvalue weighted by Gasteiger charge is 2.33. The monoisotopic (exact) mass is 494 g/mol. The third kappa shape index (κ3) is 4.04. The minimum absolute atomic E-state index is 0.200. The number of benzene rings is 3. The summed E-state index contributed by atoms with van der Waals surface area (Å²) in [5.41, 5.74) is 5.44. The van der Waals surface area contributed by atoms with Gasteiger partial charge in [-0.1, -0.05) is 57.4 Å². The normalized spacial score (nSPS) is 16.5. The maximum absolute atomic E-state index is 13.5. The Morgan fingerprint density at radius 1 is 0.892 bits per heavy atom. The molecule has 0 saturated heterocycles. The Labute approximate surface area is 217 Å². The third-order valence-corrected chi connectivity index (χ3v) is 8.38. The second-order valence-corrected chi connectivity index (χ2v) is 10.3. The number of carbonyl (C=O) groups excluding carboxylic acids is 2. The highest BCUT2D eigenvalue weighted by Crippen LogP contribution is 2.38. The van der Waals surface area contributed by atoms with Crippen molar-refractivity contribution in [1.82, 2.24) is 19.4 Å². The lowest BCUT2D eigenvalue weighted by Gasteiger charge is -2.29. The predicted molar refractivity (Wildman–Crippen MR) is 148 cm³/mol. The molecule has 37 heavy (non-hydrogen) atoms. The molecule has 6 rings (SSSR count). The summed E-state index contributed by atoms with van der Waals surface area (Å²) in [4.78, 5) is 35.3. The van der Waals surface area contributed by atoms with Gasteiger partial charge in [0.15, 0.2) is 0 Å². The van der Waals surface area contributed by atoms with Crippen LogP contribution in [0.3, 0.4) is 0 Å². The average molecular weight is 495 g/mol. The molecule has 0 radical (unpaired) electrons. The van der Waals surface area contributed by atoms with Crippen LogP contribution in [0, 0.1) is 0 Å². The second-order valence-electron chi connectivity index (χ2n) is 10.3. The van der Waals surface area contributed by atoms with Crippen molar-refractivity contribution < 1.29 is 9.59 Å². The van der Waals surface area contributed by atoms with Gasteiger partial charge in [0.1, 0.15) is 0 Å². The van der Waals surface area contributed by atoms with Crippen LogP contribution >= 0.6 is 0 Å². The van der Waals surface area contributed by atoms with Crippen molar-refractivity contribution in [2.45, 2.75) is 52.0 Å². The highest BCUT2D eigenvalue weighted by molar-refractivity contribution is 6.27. The van der Waals surface area contributed by atoms with Crippen LogP contribution in [0.5, 0.6) is 0 Å². The van der Waals surface area contributed by atoms with Crippen molar-refractivity contribution in [3.05, 3.63) is 66.0 Å². The van der Waals surface area contributed by atoms with Gasteiger partial charge in [0.05, 0.1) is 17.4 Å². The number of rotatable bonds is 7. The van der Waals surface area contributed by atoms with Crippen LogP contribution in [0.25, 0.3) is 32.9 Å². The van der Waals surface area contributed by atoms with Crippen LogP contribution in [0.4, 0.5) is 0 Å². The van der Waals surface area contributed by atoms with Gasteiger partial charge in [-0.3, -0.25) is 14.5 Å². The predicted octanol–water partition coefficient (Wildman–Crippen LogP) is 6.30. The van der Waals surface area contributed by atoms with E-state index in [1.165, 1.54) is 42.5 Å². The van der Waals surface area contributed by atoms with Crippen LogP contribution in [0.2, 0.25) is 0 Å². The van der Waals surface area contributed by atoms with Crippen molar-refractivity contribution in [2.75, 3.05) is 26.2 Å². The van der Waals surface area contributed by atoms with Gasteiger partial charge in [0, 0.05) is 35.6 Å². The smallest absolute Gasteiger partial charge is 0.261 e. The van der Waals surface area contributed by atoms with E-state index in [0.717, 1.165) is 40.5 Å². The molecular weight excluding hydrogens is 460 g/mol. The first-order valence-electron chi connectivity index (χ1n) is 13.7. The maximum atomic E-state index is 13.5. The van der Waals surface area contributed by atoms with Crippen molar-refractivity contribution >= 4 is 33.6 Å². The molecule has 1 fully saturated rings. The molecule has 0 unspecified atom stereocenters. The molecule has 3 aromatic carbocycles. The van der Waals surface area contributed by atoms with Gasteiger partial charge in [-0.15, -0.1) is 0 Å². The molecular formula is C31H34N4O2. The molecule has 4 aromatic rings. The van der Waals surface area contributed by atoms with Crippen molar-refractivity contribution in [3.8, 4) is 11.1 Å². The lowest BCUT2D eigenvalue weighted by atomic mass is 9.89. The zero-order chi connectivity index (χ0) is 25.5. The zero-order valence-electron chi connectivity index (χ0n) is 21.7. The first-order chi connectivity index (χ1) is 18.1. The van der Waals surface area contributed by atoms with E-state index in [1.54, 1.807) is 0 Å². The lowest BCUT2D eigenvalue weighted by molar-refractivity contribution is 0.0594. The molecule has 1 aliphatic carbocycles. The summed E-state index contributed by atoms with van der Waals surface area (Å²) in [6.07, 6.45) is 8.33. The van der Waals surface area contributed by atoms with E-state index in [0.29, 0.717) is 30.3 Å². The Balaban J connectivity index is 1.38. The zero-order valence-corrected chi connectivity index (χ0v) is 21.7. The number of amides is 2. The average Bonchev–Trinajstić information content (AvgIpc) is 3.37. The number of imide groups is 1. The molecule has 0 spiro atoms. The van der Waals surface area contributed by atoms with Gasteiger partial charge in [-0.2, -0.15) is 0 Å². The highest BCUT2D eigenvalue weighted by atomic mass is 16.2. The number of hydrogen-bond donors (Lipinski definition) is 0. The van der Waals surface area contributed by atoms with Gasteiger partial charge in [0.2, 0.25) is 0 Å². The molecule has 0 bridgehead atoms. The number of hydrogen-bond acceptors (Lipinski definition) is 4. The van der Waals surface area contributed by atoms with Crippen LogP contribution in [-0.2, 0) is 0 Å². The summed E-state index contributed by atoms with van der Waals surface area (Å²) in [5, 5.41) is 1.70. The summed E-state index contributed by atoms with van der Waals surface area (Å²) < 4.78 is 2.35. The summed E-state index contributed by atoms with van der Waals surface area (Å²) in [5.74, 6) is -0.400. The number of nitrogens with zero attached hydrogens (tertiary/aromatic N) is 4. The molecule has 6 nitrogen and oxygen atoms in total. The standard InChI is InChI=1S/C31H34N4O2/c1-3-33(4-2)17-18-34-30(36)25-12-8-11-24-23(14-15-26(29(24)25)31(34)37)21-13-16-28-27(19-21)32-20-35(28)22-9-6-5-7-10-22/h8,11-16,19-20,22H,3-7,9-10,17-18H2,1-2H3. The van der Waals surface area contributed by atoms with Crippen LogP contribution < -0.4 is 0 Å². The third-order valence-electron chi connectivity index (χ3n) is 8.38. The van der Waals surface area contributed by atoms with E-state index >= 15 is 0 Å². The maximum Gasteiger partial charge on any atom is 0.261 e. The summed E-state index contributed by atoms with van der Waals surface area (Å²) in [6.45, 7) is 7.06. The van der Waals surface area contributed by atoms with Gasteiger partial charge in [0.25, 0.3) is 11.8 Å². The van der Waals surface area contributed by atoms with E-state index in [4.69, 9.17) is 4.98 Å². The quantitative estimate of drug-likeness (QED) is 0.283. The van der Waals surface area contributed by atoms with E-state index in [-0.39, 0.29) is 11.8 Å². The summed E-state index contributed by atoms with van der Waals surface area (Å²) in [7, 11) is 0. The Bertz CT molecular complexity index is 1470. The molecule has 0 N–H and O–H groups in total. The fourth-order valence-electron chi connectivity index (χ4n) is 6.23. The van der Waals surface area contributed by atoms with Gasteiger partial charge in [-0.05, 0) is 66.7 Å². The Morgan fingerprint density at radius 3 is 2.38 bits per heavy atom. The first kappa shape index (κ1) is 23.9. The number of imidazole rings is 1. The van der Waals surface area contributed by atoms with Gasteiger partial charge in [-0.25, -0.2) is 4.98 Å². The fourth-order valence-corrected chi connectivity index (χ4v) is 6.23. The van der Waals surface area contributed by atoms with Crippen molar-refractivity contribution in [2.24, 2.45) is 0 Å². The fraction of sp³-hybridized carbons (Fsp3) is 0.387. The number of carbonyl (C=O) groups is 2. The van der Waals surface area contributed by atoms with Gasteiger partial charge >= 0.3 is 0 Å². The Hall–Kier alpha value is -3.51. The van der Waals surface area contributed by atoms with E-state index in [2.05, 4.69) is 41.5 Å². The SMILES string of the molecule is CCN(CC)CCN1C(=O)c2cccc3c(-c4ccc5c(c4)ncn5C4CCCCC4)ccc(c23)C1=O. The molecule has 1 aromatic heterocycles. The molecule has 190 valence electrons. The Kier molecular flexibility index (Phi) is 6.29. The van der Waals surface area contributed by atoms with Crippen molar-refractivity contribution in [3.63, 3.8) is 0 Å². The molecule has 2 heterocycles. The topological polar surface area (TPSA) is 58.4 Å². The van der Waals surface area contributed by atoms with E-state index in [1.807, 2.05) is 36.7 Å². The molecule has 1 saturated carbocycles. The largest absolute Gasteiger partial charge is 0.327 e. The van der Waals surface area contributed by atoms with E-state index < -0.39 is 0 Å². The minimum atomic E-state index is -0.200. The number of likely N-dealkylation sites (N-methyl/N-ethyl adjacent to an activating group) is 1. The van der Waals surface area contributed by atoms with Crippen molar-refractivity contribution in [1.29, 1.82) is 0 Å². The number of fused-ring (bicyclic) bond motifs is 1. The van der Waals surface area contributed by atoms with Gasteiger partial charge < -0.3 is 9.47 Å².